The smallest absolute Gasteiger partial charge is 0.341 e. The Kier molecular flexibility index (Phi) is 6.17. The van der Waals surface area contributed by atoms with Crippen LogP contribution in [-0.2, 0) is 61.9 Å². The number of ketones is 1. The molecule has 18 atom stereocenters. The summed E-state index contributed by atoms with van der Waals surface area (Å²) in [5, 5.41) is 24.5. The topological polar surface area (TPSA) is 214 Å². The number of hydrogen-bond donors (Lipinski definition) is 2. The third-order valence-corrected chi connectivity index (χ3v) is 15.8. The summed E-state index contributed by atoms with van der Waals surface area (Å²) in [4.78, 5) is 80.7. The second-order valence-corrected chi connectivity index (χ2v) is 17.6. The van der Waals surface area contributed by atoms with E-state index in [1.165, 1.54) is 34.6 Å². The van der Waals surface area contributed by atoms with E-state index in [0.717, 1.165) is 0 Å². The lowest BCUT2D eigenvalue weighted by Crippen LogP contribution is -2.76. The summed E-state index contributed by atoms with van der Waals surface area (Å²) in [6.45, 7) is 13.3. The van der Waals surface area contributed by atoms with Gasteiger partial charge in [0.2, 0.25) is 11.6 Å². The van der Waals surface area contributed by atoms with E-state index in [2.05, 4.69) is 0 Å². The van der Waals surface area contributed by atoms with Crippen LogP contribution >= 0.6 is 0 Å². The number of epoxide rings is 2. The van der Waals surface area contributed by atoms with Crippen LogP contribution in [0.1, 0.15) is 75.2 Å². The lowest BCUT2D eigenvalue weighted by atomic mass is 9.35. The van der Waals surface area contributed by atoms with E-state index < -0.39 is 146 Å². The fourth-order valence-corrected chi connectivity index (χ4v) is 14.2. The van der Waals surface area contributed by atoms with E-state index >= 15 is 0 Å². The van der Waals surface area contributed by atoms with Gasteiger partial charge in [0.15, 0.2) is 11.4 Å². The van der Waals surface area contributed by atoms with Crippen molar-refractivity contribution in [3.63, 3.8) is 0 Å². The molecule has 5 saturated carbocycles. The highest BCUT2D eigenvalue weighted by Crippen LogP contribution is 2.94. The van der Waals surface area contributed by atoms with Gasteiger partial charge in [-0.15, -0.1) is 0 Å². The summed E-state index contributed by atoms with van der Waals surface area (Å²) < 4.78 is 43.2. The molecular formula is C37H44O15. The fourth-order valence-electron chi connectivity index (χ4n) is 14.2. The number of allylic oxidation sites excluding steroid dienone is 1. The quantitative estimate of drug-likeness (QED) is 0.239. The molecule has 6 aliphatic carbocycles. The number of esters is 5. The van der Waals surface area contributed by atoms with Gasteiger partial charge < -0.3 is 43.4 Å². The van der Waals surface area contributed by atoms with Gasteiger partial charge in [0.25, 0.3) is 0 Å². The zero-order chi connectivity index (χ0) is 37.8. The Bertz CT molecular complexity index is 1850. The number of aliphatic hydroxyl groups is 2. The molecule has 282 valence electrons. The number of Topliss-reactive ketones (excluding diaryl/α,β-unsaturated/α-hetero) is 1. The molecule has 9 rings (SSSR count). The number of hydrogen-bond acceptors (Lipinski definition) is 15. The van der Waals surface area contributed by atoms with Gasteiger partial charge in [-0.1, -0.05) is 20.8 Å². The second kappa shape index (κ2) is 9.38. The predicted molar refractivity (Wildman–Crippen MR) is 168 cm³/mol. The van der Waals surface area contributed by atoms with Crippen molar-refractivity contribution in [2.45, 2.75) is 129 Å². The number of aliphatic hydroxyl groups excluding tert-OH is 1. The molecule has 2 bridgehead atoms. The molecule has 3 aliphatic heterocycles. The highest BCUT2D eigenvalue weighted by molar-refractivity contribution is 5.98. The van der Waals surface area contributed by atoms with E-state index in [1.807, 2.05) is 13.8 Å². The van der Waals surface area contributed by atoms with Crippen LogP contribution in [0.2, 0.25) is 0 Å². The van der Waals surface area contributed by atoms with Gasteiger partial charge in [-0.25, -0.2) is 4.79 Å². The van der Waals surface area contributed by atoms with Gasteiger partial charge in [0.05, 0.1) is 11.5 Å². The molecule has 0 aromatic rings. The second-order valence-electron chi connectivity index (χ2n) is 17.6. The van der Waals surface area contributed by atoms with Crippen molar-refractivity contribution in [3.05, 3.63) is 11.3 Å². The number of rotatable bonds is 4. The number of carbonyl (C=O) groups excluding carboxylic acids is 6. The minimum Gasteiger partial charge on any atom is -0.504 e. The van der Waals surface area contributed by atoms with Crippen molar-refractivity contribution in [1.82, 2.24) is 0 Å². The Morgan fingerprint density at radius 3 is 2.10 bits per heavy atom. The predicted octanol–water partition coefficient (Wildman–Crippen LogP) is 1.60. The van der Waals surface area contributed by atoms with Crippen molar-refractivity contribution in [1.29, 1.82) is 0 Å². The summed E-state index contributed by atoms with van der Waals surface area (Å²) in [6, 6.07) is 0. The molecule has 0 unspecified atom stereocenters. The van der Waals surface area contributed by atoms with Gasteiger partial charge in [-0.05, 0) is 43.6 Å². The highest BCUT2D eigenvalue weighted by atomic mass is 16.8. The Labute approximate surface area is 298 Å². The van der Waals surface area contributed by atoms with Crippen molar-refractivity contribution < 1.29 is 72.1 Å². The molecule has 8 fully saturated rings. The molecule has 3 heterocycles. The maximum absolute atomic E-state index is 14.6. The Hall–Kier alpha value is -3.56. The van der Waals surface area contributed by atoms with Crippen LogP contribution in [0.3, 0.4) is 0 Å². The molecular weight excluding hydrogens is 684 g/mol. The molecule has 0 amide bonds. The Morgan fingerprint density at radius 2 is 1.50 bits per heavy atom. The normalized spacial score (nSPS) is 56.5. The number of ether oxygens (including phenoxy) is 7. The molecule has 0 aromatic heterocycles. The van der Waals surface area contributed by atoms with Crippen molar-refractivity contribution in [3.8, 4) is 0 Å². The minimum absolute atomic E-state index is 0.103. The van der Waals surface area contributed by atoms with E-state index in [0.29, 0.717) is 0 Å². The summed E-state index contributed by atoms with van der Waals surface area (Å²) in [5.74, 6) is -11.2. The zero-order valence-corrected chi connectivity index (χ0v) is 30.5. The monoisotopic (exact) mass is 728 g/mol. The van der Waals surface area contributed by atoms with E-state index in [4.69, 9.17) is 33.2 Å². The van der Waals surface area contributed by atoms with Crippen LogP contribution in [-0.4, -0.2) is 99.5 Å². The first-order chi connectivity index (χ1) is 24.1. The Morgan fingerprint density at radius 1 is 0.885 bits per heavy atom. The first-order valence-corrected chi connectivity index (χ1v) is 18.0. The summed E-state index contributed by atoms with van der Waals surface area (Å²) in [6.07, 6.45) is -5.17. The van der Waals surface area contributed by atoms with Crippen LogP contribution in [0.15, 0.2) is 11.3 Å². The third-order valence-electron chi connectivity index (χ3n) is 15.8. The maximum atomic E-state index is 14.6. The van der Waals surface area contributed by atoms with Crippen molar-refractivity contribution >= 4 is 35.6 Å². The van der Waals surface area contributed by atoms with Crippen LogP contribution in [0, 0.1) is 51.2 Å². The van der Waals surface area contributed by atoms with Gasteiger partial charge >= 0.3 is 29.8 Å². The molecule has 0 aromatic carbocycles. The van der Waals surface area contributed by atoms with E-state index in [9.17, 15) is 39.0 Å². The lowest BCUT2D eigenvalue weighted by molar-refractivity contribution is -0.298. The van der Waals surface area contributed by atoms with Crippen LogP contribution in [0.5, 0.6) is 0 Å². The third kappa shape index (κ3) is 3.22. The van der Waals surface area contributed by atoms with Gasteiger partial charge in [0.1, 0.15) is 36.1 Å². The van der Waals surface area contributed by atoms with Crippen molar-refractivity contribution in [2.24, 2.45) is 51.2 Å². The molecule has 9 aliphatic rings. The zero-order valence-electron chi connectivity index (χ0n) is 30.5. The Balaban J connectivity index is 1.38. The van der Waals surface area contributed by atoms with Gasteiger partial charge in [0, 0.05) is 62.2 Å². The highest BCUT2D eigenvalue weighted by Gasteiger charge is 3.03. The maximum Gasteiger partial charge on any atom is 0.341 e. The molecule has 1 spiro atoms. The van der Waals surface area contributed by atoms with Crippen molar-refractivity contribution in [2.75, 3.05) is 0 Å². The van der Waals surface area contributed by atoms with Gasteiger partial charge in [-0.3, -0.25) is 24.0 Å². The summed E-state index contributed by atoms with van der Waals surface area (Å²) in [5.41, 5.74) is -9.17. The lowest BCUT2D eigenvalue weighted by Gasteiger charge is -2.68. The van der Waals surface area contributed by atoms with Gasteiger partial charge in [-0.2, -0.15) is 0 Å². The van der Waals surface area contributed by atoms with Crippen LogP contribution in [0.25, 0.3) is 0 Å². The first kappa shape index (κ1) is 34.2. The fraction of sp³-hybridized carbons (Fsp3) is 0.784. The van der Waals surface area contributed by atoms with Crippen LogP contribution in [0.4, 0.5) is 0 Å². The summed E-state index contributed by atoms with van der Waals surface area (Å²) >= 11 is 0. The van der Waals surface area contributed by atoms with E-state index in [-0.39, 0.29) is 18.4 Å². The standard InChI is InChI=1S/C37H44O15/c1-12-26-37(51-26)33(8,34(9,45)30(44)52-37)29-35(12)11-36(29,50-16(5)41)25-19-20(24(46-13(2)38)28(32(25,35)7)48-15(4)40)31(6)17(21(42)22(19)43)10-18-23(49-18)27(31)47-14(3)39/h12,17-18,20,23-29,43,45H,10-11H2,1-9H3/t12-,17-,18+,20-,23+,24+,25+,26+,27+,28+,29+,31+,32-,33+,34-,35+,36+,37-/m1/s1. The molecule has 3 saturated heterocycles. The number of carbonyl (C=O) groups is 6. The number of fused-ring (bicyclic) bond motifs is 7. The summed E-state index contributed by atoms with van der Waals surface area (Å²) in [7, 11) is 0. The van der Waals surface area contributed by atoms with Crippen LogP contribution < -0.4 is 0 Å². The minimum atomic E-state index is -2.17. The molecule has 0 radical (unpaired) electrons. The first-order valence-electron chi connectivity index (χ1n) is 18.0. The molecule has 52 heavy (non-hydrogen) atoms. The largest absolute Gasteiger partial charge is 0.504 e. The van der Waals surface area contributed by atoms with E-state index in [1.54, 1.807) is 13.8 Å². The SMILES string of the molecule is CC(=O)O[C@H]1[C@H]2C(=C(O)C(=O)[C@H]3C[C@@H]4O[C@@H]4[C@H](OC(C)=O)[C@@]32C)[C@@H]2[C@@]3(OC(C)=O)C[C@@]4([C@H](C)[C@@H]5O[C@@]56OC(=O)[C@@](C)(O)[C@]6(C)[C@H]34)[C@@]2(C)[C@H]1OC(C)=O. The average molecular weight is 729 g/mol. The molecule has 15 nitrogen and oxygen atoms in total. The molecule has 2 N–H and O–H groups in total. The molecule has 15 heteroatoms. The average Bonchev–Trinajstić information content (AvgIpc) is 3.91.